The normalized spacial score (nSPS) is 11.0. The molecule has 102 valence electrons. The predicted molar refractivity (Wildman–Crippen MR) is 85.8 cm³/mol. The van der Waals surface area contributed by atoms with E-state index in [1.807, 2.05) is 25.1 Å². The molecule has 2 heterocycles. The van der Waals surface area contributed by atoms with Crippen molar-refractivity contribution in [3.8, 4) is 11.6 Å². The van der Waals surface area contributed by atoms with Crippen LogP contribution < -0.4 is 4.74 Å². The Hall–Kier alpha value is -1.46. The van der Waals surface area contributed by atoms with E-state index in [1.54, 1.807) is 17.7 Å². The van der Waals surface area contributed by atoms with E-state index >= 15 is 0 Å². The van der Waals surface area contributed by atoms with E-state index in [2.05, 4.69) is 39.7 Å². The molecule has 3 aromatic rings. The topological polar surface area (TPSA) is 35.0 Å². The number of rotatable bonds is 2. The van der Waals surface area contributed by atoms with Crippen molar-refractivity contribution in [1.29, 1.82) is 0 Å². The Kier molecular flexibility index (Phi) is 3.48. The number of fused-ring (bicyclic) bond motifs is 1. The van der Waals surface area contributed by atoms with Crippen LogP contribution >= 0.6 is 27.3 Å². The molecule has 0 saturated carbocycles. The average molecular weight is 349 g/mol. The van der Waals surface area contributed by atoms with Crippen LogP contribution in [0.25, 0.3) is 10.2 Å². The van der Waals surface area contributed by atoms with Crippen LogP contribution in [0, 0.1) is 20.8 Å². The molecule has 5 heteroatoms. The van der Waals surface area contributed by atoms with Crippen molar-refractivity contribution in [2.24, 2.45) is 0 Å². The quantitative estimate of drug-likeness (QED) is 0.640. The van der Waals surface area contributed by atoms with Gasteiger partial charge in [0.05, 0.1) is 5.39 Å². The maximum atomic E-state index is 5.96. The molecular weight excluding hydrogens is 336 g/mol. The molecule has 0 saturated heterocycles. The molecule has 0 atom stereocenters. The molecule has 0 bridgehead atoms. The Morgan fingerprint density at radius 3 is 2.70 bits per heavy atom. The minimum absolute atomic E-state index is 0.624. The number of ether oxygens (including phenoxy) is 1. The molecule has 0 aliphatic rings. The van der Waals surface area contributed by atoms with Gasteiger partial charge in [0, 0.05) is 9.35 Å². The Bertz CT molecular complexity index is 798. The molecule has 3 nitrogen and oxygen atoms in total. The van der Waals surface area contributed by atoms with Gasteiger partial charge in [-0.25, -0.2) is 9.97 Å². The minimum Gasteiger partial charge on any atom is -0.438 e. The molecule has 2 aromatic heterocycles. The van der Waals surface area contributed by atoms with Crippen LogP contribution in [0.5, 0.6) is 11.6 Å². The van der Waals surface area contributed by atoms with Gasteiger partial charge in [0.2, 0.25) is 5.88 Å². The molecule has 0 aliphatic carbocycles. The summed E-state index contributed by atoms with van der Waals surface area (Å²) in [5.74, 6) is 1.41. The van der Waals surface area contributed by atoms with Gasteiger partial charge >= 0.3 is 0 Å². The lowest BCUT2D eigenvalue weighted by atomic mass is 10.2. The summed E-state index contributed by atoms with van der Waals surface area (Å²) in [4.78, 5) is 10.8. The van der Waals surface area contributed by atoms with Gasteiger partial charge in [-0.2, -0.15) is 0 Å². The van der Waals surface area contributed by atoms with E-state index in [4.69, 9.17) is 4.74 Å². The molecule has 0 unspecified atom stereocenters. The van der Waals surface area contributed by atoms with E-state index in [0.717, 1.165) is 26.0 Å². The number of hydrogen-bond acceptors (Lipinski definition) is 4. The summed E-state index contributed by atoms with van der Waals surface area (Å²) in [5, 5.41) is 1.01. The Balaban J connectivity index is 2.08. The van der Waals surface area contributed by atoms with Crippen molar-refractivity contribution in [2.45, 2.75) is 20.8 Å². The SMILES string of the molecule is Cc1cc(Oc2ncnc3sc(C)c(C)c23)ccc1Br. The van der Waals surface area contributed by atoms with Crippen LogP contribution in [-0.2, 0) is 0 Å². The first kappa shape index (κ1) is 13.5. The summed E-state index contributed by atoms with van der Waals surface area (Å²) >= 11 is 5.16. The van der Waals surface area contributed by atoms with E-state index in [9.17, 15) is 0 Å². The number of nitrogens with zero attached hydrogens (tertiary/aromatic N) is 2. The van der Waals surface area contributed by atoms with Crippen molar-refractivity contribution >= 4 is 37.5 Å². The smallest absolute Gasteiger partial charge is 0.231 e. The summed E-state index contributed by atoms with van der Waals surface area (Å²) in [6, 6.07) is 5.90. The Labute approximate surface area is 129 Å². The second kappa shape index (κ2) is 5.14. The third kappa shape index (κ3) is 2.31. The van der Waals surface area contributed by atoms with Gasteiger partial charge in [-0.15, -0.1) is 11.3 Å². The summed E-state index contributed by atoms with van der Waals surface area (Å²) < 4.78 is 7.03. The van der Waals surface area contributed by atoms with Gasteiger partial charge < -0.3 is 4.74 Å². The molecule has 1 aromatic carbocycles. The predicted octanol–water partition coefficient (Wildman–Crippen LogP) is 5.17. The standard InChI is InChI=1S/C15H13BrN2OS/c1-8-6-11(4-5-12(8)16)19-14-13-9(2)10(3)20-15(13)18-7-17-14/h4-7H,1-3H3. The molecule has 0 amide bonds. The second-order valence-electron chi connectivity index (χ2n) is 4.66. The van der Waals surface area contributed by atoms with Crippen molar-refractivity contribution in [2.75, 3.05) is 0 Å². The van der Waals surface area contributed by atoms with Crippen molar-refractivity contribution in [3.05, 3.63) is 45.0 Å². The highest BCUT2D eigenvalue weighted by atomic mass is 79.9. The lowest BCUT2D eigenvalue weighted by molar-refractivity contribution is 0.467. The summed E-state index contributed by atoms with van der Waals surface area (Å²) in [5.41, 5.74) is 2.32. The second-order valence-corrected chi connectivity index (χ2v) is 6.71. The lowest BCUT2D eigenvalue weighted by Gasteiger charge is -2.07. The number of hydrogen-bond donors (Lipinski definition) is 0. The van der Waals surface area contributed by atoms with E-state index < -0.39 is 0 Å². The number of thiophene rings is 1. The first-order chi connectivity index (χ1) is 9.56. The Morgan fingerprint density at radius 1 is 1.15 bits per heavy atom. The fourth-order valence-corrected chi connectivity index (χ4v) is 3.25. The third-order valence-electron chi connectivity index (χ3n) is 3.27. The molecule has 0 radical (unpaired) electrons. The highest BCUT2D eigenvalue weighted by molar-refractivity contribution is 9.10. The lowest BCUT2D eigenvalue weighted by Crippen LogP contribution is -1.91. The van der Waals surface area contributed by atoms with Crippen LogP contribution in [0.2, 0.25) is 0 Å². The first-order valence-electron chi connectivity index (χ1n) is 6.21. The highest BCUT2D eigenvalue weighted by Gasteiger charge is 2.13. The van der Waals surface area contributed by atoms with Gasteiger partial charge in [-0.05, 0) is 50.1 Å². The molecule has 0 N–H and O–H groups in total. The van der Waals surface area contributed by atoms with Crippen molar-refractivity contribution in [3.63, 3.8) is 0 Å². The van der Waals surface area contributed by atoms with Gasteiger partial charge in [-0.3, -0.25) is 0 Å². The highest BCUT2D eigenvalue weighted by Crippen LogP contribution is 2.36. The van der Waals surface area contributed by atoms with Crippen LogP contribution in [0.1, 0.15) is 16.0 Å². The fourth-order valence-electron chi connectivity index (χ4n) is 2.02. The zero-order chi connectivity index (χ0) is 14.3. The van der Waals surface area contributed by atoms with Gasteiger partial charge in [0.1, 0.15) is 16.9 Å². The summed E-state index contributed by atoms with van der Waals surface area (Å²) in [6.45, 7) is 6.21. The molecule has 0 fully saturated rings. The first-order valence-corrected chi connectivity index (χ1v) is 7.82. The molecule has 20 heavy (non-hydrogen) atoms. The largest absolute Gasteiger partial charge is 0.438 e. The van der Waals surface area contributed by atoms with Crippen LogP contribution in [-0.4, -0.2) is 9.97 Å². The van der Waals surface area contributed by atoms with Crippen molar-refractivity contribution < 1.29 is 4.74 Å². The fraction of sp³-hybridized carbons (Fsp3) is 0.200. The molecular formula is C15H13BrN2OS. The molecule has 0 aliphatic heterocycles. The van der Waals surface area contributed by atoms with Crippen LogP contribution in [0.3, 0.4) is 0 Å². The van der Waals surface area contributed by atoms with Crippen molar-refractivity contribution in [1.82, 2.24) is 9.97 Å². The number of halogens is 1. The minimum atomic E-state index is 0.624. The number of aromatic nitrogens is 2. The number of benzene rings is 1. The average Bonchev–Trinajstić information content (AvgIpc) is 2.71. The molecule has 0 spiro atoms. The summed E-state index contributed by atoms with van der Waals surface area (Å²) in [7, 11) is 0. The molecule has 3 rings (SSSR count). The van der Waals surface area contributed by atoms with E-state index in [1.165, 1.54) is 10.4 Å². The zero-order valence-corrected chi connectivity index (χ0v) is 13.8. The van der Waals surface area contributed by atoms with E-state index in [-0.39, 0.29) is 0 Å². The van der Waals surface area contributed by atoms with Crippen LogP contribution in [0.4, 0.5) is 0 Å². The third-order valence-corrected chi connectivity index (χ3v) is 5.28. The van der Waals surface area contributed by atoms with Crippen LogP contribution in [0.15, 0.2) is 29.0 Å². The summed E-state index contributed by atoms with van der Waals surface area (Å²) in [6.07, 6.45) is 1.55. The Morgan fingerprint density at radius 2 is 1.95 bits per heavy atom. The zero-order valence-electron chi connectivity index (χ0n) is 11.4. The maximum absolute atomic E-state index is 5.96. The van der Waals surface area contributed by atoms with E-state index in [0.29, 0.717) is 5.88 Å². The maximum Gasteiger partial charge on any atom is 0.231 e. The van der Waals surface area contributed by atoms with Gasteiger partial charge in [0.15, 0.2) is 0 Å². The van der Waals surface area contributed by atoms with Gasteiger partial charge in [-0.1, -0.05) is 15.9 Å². The number of aryl methyl sites for hydroxylation is 3. The van der Waals surface area contributed by atoms with Gasteiger partial charge in [0.25, 0.3) is 0 Å². The monoisotopic (exact) mass is 348 g/mol.